The van der Waals surface area contributed by atoms with Crippen LogP contribution in [0.25, 0.3) is 0 Å². The maximum absolute atomic E-state index is 13.6. The zero-order chi connectivity index (χ0) is 23.9. The number of nitrogens with zero attached hydrogens (tertiary/aromatic N) is 4. The van der Waals surface area contributed by atoms with Crippen LogP contribution in [-0.4, -0.2) is 70.6 Å². The molecule has 1 fully saturated rings. The molecule has 9 heteroatoms. The van der Waals surface area contributed by atoms with Gasteiger partial charge < -0.3 is 20.0 Å². The summed E-state index contributed by atoms with van der Waals surface area (Å²) in [6.07, 6.45) is 3.36. The number of fused-ring (bicyclic) bond motifs is 1. The van der Waals surface area contributed by atoms with Gasteiger partial charge in [0.05, 0.1) is 6.54 Å². The van der Waals surface area contributed by atoms with Crippen LogP contribution in [0.3, 0.4) is 0 Å². The van der Waals surface area contributed by atoms with E-state index in [1.165, 1.54) is 0 Å². The number of rotatable bonds is 5. The van der Waals surface area contributed by atoms with E-state index in [-0.39, 0.29) is 30.6 Å². The number of pyridine rings is 1. The molecule has 3 aliphatic rings. The molecule has 1 N–H and O–H groups in total. The van der Waals surface area contributed by atoms with Crippen molar-refractivity contribution in [1.82, 2.24) is 19.7 Å². The molecule has 4 heterocycles. The molecular formula is C24H31F2N5O2. The first-order valence-corrected chi connectivity index (χ1v) is 11.4. The first-order chi connectivity index (χ1) is 15.6. The maximum Gasteiger partial charge on any atom is 0.254 e. The average Bonchev–Trinajstić information content (AvgIpc) is 3.05. The molecule has 7 nitrogen and oxygen atoms in total. The number of carbonyl (C=O) groups excluding carboxylic acids is 2. The molecule has 33 heavy (non-hydrogen) atoms. The maximum atomic E-state index is 13.6. The van der Waals surface area contributed by atoms with Crippen molar-refractivity contribution in [3.63, 3.8) is 0 Å². The van der Waals surface area contributed by atoms with Crippen molar-refractivity contribution in [2.24, 2.45) is 5.92 Å². The summed E-state index contributed by atoms with van der Waals surface area (Å²) in [6.45, 7) is 7.74. The molecule has 0 aromatic carbocycles. The van der Waals surface area contributed by atoms with Crippen LogP contribution in [0.15, 0.2) is 35.3 Å². The third-order valence-corrected chi connectivity index (χ3v) is 6.45. The van der Waals surface area contributed by atoms with Crippen LogP contribution in [0.1, 0.15) is 49.5 Å². The van der Waals surface area contributed by atoms with Crippen LogP contribution in [0.2, 0.25) is 0 Å². The van der Waals surface area contributed by atoms with E-state index >= 15 is 0 Å². The van der Waals surface area contributed by atoms with Crippen molar-refractivity contribution in [2.45, 2.75) is 46.1 Å². The summed E-state index contributed by atoms with van der Waals surface area (Å²) in [4.78, 5) is 35.3. The van der Waals surface area contributed by atoms with E-state index in [1.807, 2.05) is 32.7 Å². The number of likely N-dealkylation sites (N-methyl/N-ethyl adjacent to an activating group) is 1. The fraction of sp³-hybridized carbons (Fsp3) is 0.542. The topological polar surface area (TPSA) is 68.8 Å². The van der Waals surface area contributed by atoms with Crippen molar-refractivity contribution in [3.8, 4) is 0 Å². The number of alkyl halides is 2. The predicted molar refractivity (Wildman–Crippen MR) is 122 cm³/mol. The Labute approximate surface area is 193 Å². The van der Waals surface area contributed by atoms with Gasteiger partial charge in [0.2, 0.25) is 5.91 Å². The Morgan fingerprint density at radius 2 is 1.94 bits per heavy atom. The molecule has 0 unspecified atom stereocenters. The van der Waals surface area contributed by atoms with E-state index in [9.17, 15) is 18.4 Å². The van der Waals surface area contributed by atoms with Gasteiger partial charge in [0, 0.05) is 69.3 Å². The van der Waals surface area contributed by atoms with E-state index < -0.39 is 5.92 Å². The van der Waals surface area contributed by atoms with E-state index in [4.69, 9.17) is 0 Å². The second kappa shape index (κ2) is 8.76. The molecule has 0 spiro atoms. The second-order valence-corrected chi connectivity index (χ2v) is 9.50. The minimum atomic E-state index is -2.58. The average molecular weight is 460 g/mol. The number of likely N-dealkylation sites (tertiary alicyclic amines) is 1. The van der Waals surface area contributed by atoms with E-state index in [0.717, 1.165) is 22.5 Å². The first-order valence-electron chi connectivity index (χ1n) is 11.4. The predicted octanol–water partition coefficient (Wildman–Crippen LogP) is 3.47. The highest BCUT2D eigenvalue weighted by molar-refractivity contribution is 6.01. The second-order valence-electron chi connectivity index (χ2n) is 9.50. The van der Waals surface area contributed by atoms with Gasteiger partial charge in [-0.25, -0.2) is 13.8 Å². The summed E-state index contributed by atoms with van der Waals surface area (Å²) in [7, 11) is 1.96. The van der Waals surface area contributed by atoms with Gasteiger partial charge >= 0.3 is 0 Å². The largest absolute Gasteiger partial charge is 0.358 e. The van der Waals surface area contributed by atoms with Gasteiger partial charge in [-0.05, 0) is 24.1 Å². The van der Waals surface area contributed by atoms with Crippen molar-refractivity contribution < 1.29 is 18.4 Å². The molecule has 0 bridgehead atoms. The number of hydrogen-bond donors (Lipinski definition) is 1. The van der Waals surface area contributed by atoms with Gasteiger partial charge in [-0.3, -0.25) is 9.59 Å². The molecule has 0 saturated carbocycles. The molecule has 4 rings (SSSR count). The number of piperidine rings is 1. The van der Waals surface area contributed by atoms with E-state index in [2.05, 4.69) is 21.3 Å². The number of aromatic nitrogens is 1. The lowest BCUT2D eigenvalue weighted by Crippen LogP contribution is -2.45. The fourth-order valence-electron chi connectivity index (χ4n) is 4.76. The van der Waals surface area contributed by atoms with Crippen molar-refractivity contribution in [2.75, 3.05) is 38.5 Å². The van der Waals surface area contributed by atoms with Crippen LogP contribution < -0.4 is 5.32 Å². The van der Waals surface area contributed by atoms with E-state index in [0.29, 0.717) is 44.1 Å². The van der Waals surface area contributed by atoms with Gasteiger partial charge in [-0.2, -0.15) is 0 Å². The normalized spacial score (nSPS) is 20.4. The Bertz CT molecular complexity index is 1020. The molecule has 0 atom stereocenters. The summed E-state index contributed by atoms with van der Waals surface area (Å²) < 4.78 is 27.2. The molecule has 0 aliphatic carbocycles. The summed E-state index contributed by atoms with van der Waals surface area (Å²) in [5.41, 5.74) is 3.39. The molecule has 3 aliphatic heterocycles. The van der Waals surface area contributed by atoms with Gasteiger partial charge in [-0.1, -0.05) is 19.9 Å². The Balaban J connectivity index is 1.49. The summed E-state index contributed by atoms with van der Waals surface area (Å²) in [6, 6.07) is 1.69. The Morgan fingerprint density at radius 3 is 2.58 bits per heavy atom. The molecule has 1 aromatic rings. The quantitative estimate of drug-likeness (QED) is 0.730. The Hall–Kier alpha value is -2.97. The highest BCUT2D eigenvalue weighted by Crippen LogP contribution is 2.33. The van der Waals surface area contributed by atoms with Gasteiger partial charge in [0.25, 0.3) is 11.8 Å². The van der Waals surface area contributed by atoms with Gasteiger partial charge in [0.1, 0.15) is 11.6 Å². The molecule has 178 valence electrons. The van der Waals surface area contributed by atoms with Crippen LogP contribution in [-0.2, 0) is 11.3 Å². The summed E-state index contributed by atoms with van der Waals surface area (Å²) in [5, 5.41) is 2.83. The zero-order valence-electron chi connectivity index (χ0n) is 19.6. The standard InChI is InChI=1S/C24H31F2N5O2/c1-15(2)21(32)28-20-19-14-31(23(33)18(19)5-8-27-20)13-17-11-16(3)22(29(4)12-17)30-9-6-24(25,26)7-10-30/h5,8,11,15H,6-7,9-10,12-14H2,1-4H3,(H,27,28,32). The minimum Gasteiger partial charge on any atom is -0.358 e. The van der Waals surface area contributed by atoms with Crippen LogP contribution in [0, 0.1) is 5.92 Å². The summed E-state index contributed by atoms with van der Waals surface area (Å²) >= 11 is 0. The van der Waals surface area contributed by atoms with E-state index in [1.54, 1.807) is 17.2 Å². The van der Waals surface area contributed by atoms with Crippen molar-refractivity contribution >= 4 is 17.6 Å². The number of amides is 2. The number of halogens is 2. The zero-order valence-corrected chi connectivity index (χ0v) is 19.6. The summed E-state index contributed by atoms with van der Waals surface area (Å²) in [5.74, 6) is -1.56. The monoisotopic (exact) mass is 459 g/mol. The highest BCUT2D eigenvalue weighted by atomic mass is 19.3. The third-order valence-electron chi connectivity index (χ3n) is 6.45. The lowest BCUT2D eigenvalue weighted by molar-refractivity contribution is -0.118. The molecule has 1 aromatic heterocycles. The lowest BCUT2D eigenvalue weighted by Gasteiger charge is -2.41. The lowest BCUT2D eigenvalue weighted by atomic mass is 10.0. The van der Waals surface area contributed by atoms with Crippen molar-refractivity contribution in [3.05, 3.63) is 46.4 Å². The first kappa shape index (κ1) is 23.2. The number of carbonyl (C=O) groups is 2. The highest BCUT2D eigenvalue weighted by Gasteiger charge is 2.37. The molecule has 2 amide bonds. The fourth-order valence-corrected chi connectivity index (χ4v) is 4.76. The third kappa shape index (κ3) is 4.72. The van der Waals surface area contributed by atoms with Crippen molar-refractivity contribution in [1.29, 1.82) is 0 Å². The molecule has 0 radical (unpaired) electrons. The van der Waals surface area contributed by atoms with Gasteiger partial charge in [0.15, 0.2) is 0 Å². The number of allylic oxidation sites excluding steroid dienone is 2. The Kier molecular flexibility index (Phi) is 6.16. The minimum absolute atomic E-state index is 0.0818. The number of anilines is 1. The number of nitrogens with one attached hydrogen (secondary N) is 1. The molecular weight excluding hydrogens is 428 g/mol. The van der Waals surface area contributed by atoms with Crippen LogP contribution in [0.5, 0.6) is 0 Å². The smallest absolute Gasteiger partial charge is 0.254 e. The molecule has 1 saturated heterocycles. The van der Waals surface area contributed by atoms with Crippen LogP contribution >= 0.6 is 0 Å². The Morgan fingerprint density at radius 1 is 1.24 bits per heavy atom. The van der Waals surface area contributed by atoms with Gasteiger partial charge in [-0.15, -0.1) is 0 Å². The van der Waals surface area contributed by atoms with Crippen LogP contribution in [0.4, 0.5) is 14.6 Å². The SMILES string of the molecule is CC1=C(N2CCC(F)(F)CC2)N(C)CC(CN2Cc3c(ccnc3NC(=O)C(C)C)C2=O)=C1. The number of hydrogen-bond acceptors (Lipinski definition) is 5.